The van der Waals surface area contributed by atoms with Crippen LogP contribution in [0, 0.1) is 13.8 Å². The number of halogens is 1. The van der Waals surface area contributed by atoms with E-state index in [0.29, 0.717) is 42.8 Å². The highest BCUT2D eigenvalue weighted by atomic mass is 35.5. The molecule has 0 saturated heterocycles. The highest BCUT2D eigenvalue weighted by Crippen LogP contribution is 2.20. The highest BCUT2D eigenvalue weighted by Gasteiger charge is 2.14. The molecule has 0 atom stereocenters. The fourth-order valence-electron chi connectivity index (χ4n) is 2.17. The van der Waals surface area contributed by atoms with E-state index in [0.717, 1.165) is 17.8 Å². The molecule has 23 heavy (non-hydrogen) atoms. The summed E-state index contributed by atoms with van der Waals surface area (Å²) in [5, 5.41) is 7.81. The topological polar surface area (TPSA) is 69.3 Å². The van der Waals surface area contributed by atoms with E-state index in [4.69, 9.17) is 20.8 Å². The van der Waals surface area contributed by atoms with E-state index in [9.17, 15) is 4.79 Å². The van der Waals surface area contributed by atoms with Crippen molar-refractivity contribution in [2.24, 2.45) is 0 Å². The first kappa shape index (κ1) is 17.6. The van der Waals surface area contributed by atoms with E-state index in [2.05, 4.69) is 10.4 Å². The van der Waals surface area contributed by atoms with Crippen molar-refractivity contribution < 1.29 is 13.9 Å². The number of nitrogens with zero attached hydrogens (tertiary/aromatic N) is 2. The fraction of sp³-hybridized carbons (Fsp3) is 0.500. The smallest absolute Gasteiger partial charge is 0.286 e. The summed E-state index contributed by atoms with van der Waals surface area (Å²) in [4.78, 5) is 12.0. The van der Waals surface area contributed by atoms with Gasteiger partial charge >= 0.3 is 0 Å². The number of nitrogens with one attached hydrogen (secondary N) is 1. The van der Waals surface area contributed by atoms with Crippen LogP contribution in [-0.2, 0) is 11.3 Å². The summed E-state index contributed by atoms with van der Waals surface area (Å²) in [6.07, 6.45) is 0.775. The van der Waals surface area contributed by atoms with Gasteiger partial charge < -0.3 is 14.5 Å². The maximum absolute atomic E-state index is 12.0. The number of ether oxygens (including phenoxy) is 1. The molecule has 0 aliphatic carbocycles. The first-order valence-electron chi connectivity index (χ1n) is 7.67. The Kier molecular flexibility index (Phi) is 6.24. The number of furan rings is 1. The third kappa shape index (κ3) is 4.59. The maximum atomic E-state index is 12.0. The zero-order valence-electron chi connectivity index (χ0n) is 13.7. The number of carbonyl (C=O) groups is 1. The van der Waals surface area contributed by atoms with E-state index in [1.54, 1.807) is 16.8 Å². The second kappa shape index (κ2) is 8.17. The predicted octanol–water partition coefficient (Wildman–Crippen LogP) is 2.95. The molecule has 7 heteroatoms. The quantitative estimate of drug-likeness (QED) is 0.751. The van der Waals surface area contributed by atoms with Crippen molar-refractivity contribution in [3.63, 3.8) is 0 Å². The van der Waals surface area contributed by atoms with Crippen LogP contribution in [-0.4, -0.2) is 35.4 Å². The number of rotatable bonds is 8. The first-order chi connectivity index (χ1) is 11.0. The molecule has 0 aliphatic heterocycles. The summed E-state index contributed by atoms with van der Waals surface area (Å²) in [6.45, 7) is 8.02. The van der Waals surface area contributed by atoms with Crippen LogP contribution in [0.5, 0.6) is 0 Å². The normalized spacial score (nSPS) is 11.0. The minimum atomic E-state index is -0.223. The Bertz CT molecular complexity index is 664. The van der Waals surface area contributed by atoms with E-state index in [1.165, 1.54) is 0 Å². The number of aryl methyl sites for hydroxylation is 1. The van der Waals surface area contributed by atoms with E-state index >= 15 is 0 Å². The van der Waals surface area contributed by atoms with Crippen molar-refractivity contribution in [3.05, 3.63) is 40.1 Å². The van der Waals surface area contributed by atoms with E-state index in [1.807, 2.05) is 20.8 Å². The first-order valence-corrected chi connectivity index (χ1v) is 8.05. The molecular weight excluding hydrogens is 318 g/mol. The molecule has 0 radical (unpaired) electrons. The van der Waals surface area contributed by atoms with Crippen LogP contribution in [0.1, 0.15) is 41.0 Å². The Morgan fingerprint density at radius 1 is 1.43 bits per heavy atom. The van der Waals surface area contributed by atoms with Crippen LogP contribution < -0.4 is 5.32 Å². The van der Waals surface area contributed by atoms with Gasteiger partial charge in [0, 0.05) is 19.8 Å². The van der Waals surface area contributed by atoms with E-state index in [-0.39, 0.29) is 5.91 Å². The summed E-state index contributed by atoms with van der Waals surface area (Å²) < 4.78 is 12.6. The third-order valence-electron chi connectivity index (χ3n) is 3.44. The number of hydrogen-bond acceptors (Lipinski definition) is 4. The molecule has 0 spiro atoms. The second-order valence-corrected chi connectivity index (χ2v) is 5.59. The van der Waals surface area contributed by atoms with Gasteiger partial charge in [-0.25, -0.2) is 0 Å². The lowest BCUT2D eigenvalue weighted by Gasteiger charge is -2.04. The number of carbonyl (C=O) groups excluding carboxylic acids is 1. The van der Waals surface area contributed by atoms with Gasteiger partial charge in [-0.15, -0.1) is 0 Å². The van der Waals surface area contributed by atoms with Gasteiger partial charge in [0.2, 0.25) is 0 Å². The molecule has 2 aromatic heterocycles. The number of amides is 1. The molecule has 1 amide bonds. The Morgan fingerprint density at radius 3 is 2.87 bits per heavy atom. The summed E-state index contributed by atoms with van der Waals surface area (Å²) in [6, 6.07) is 3.44. The lowest BCUT2D eigenvalue weighted by molar-refractivity contribution is 0.0914. The van der Waals surface area contributed by atoms with E-state index < -0.39 is 0 Å². The van der Waals surface area contributed by atoms with Crippen LogP contribution >= 0.6 is 11.6 Å². The summed E-state index contributed by atoms with van der Waals surface area (Å²) in [7, 11) is 0. The second-order valence-electron chi connectivity index (χ2n) is 5.21. The number of aromatic nitrogens is 2. The van der Waals surface area contributed by atoms with Gasteiger partial charge in [0.1, 0.15) is 5.76 Å². The van der Waals surface area contributed by atoms with Crippen molar-refractivity contribution >= 4 is 17.5 Å². The zero-order chi connectivity index (χ0) is 16.8. The Balaban J connectivity index is 1.89. The molecular formula is C16H22ClN3O3. The average molecular weight is 340 g/mol. The number of hydrogen-bond donors (Lipinski definition) is 1. The van der Waals surface area contributed by atoms with Crippen LogP contribution in [0.15, 0.2) is 16.5 Å². The zero-order valence-corrected chi connectivity index (χ0v) is 14.4. The van der Waals surface area contributed by atoms with Crippen molar-refractivity contribution in [2.45, 2.75) is 33.7 Å². The molecule has 0 saturated carbocycles. The SMILES string of the molecule is CCOCCCNC(=O)c1ccc(Cn2nc(C)c(Cl)c2C)o1. The van der Waals surface area contributed by atoms with Crippen molar-refractivity contribution in [1.82, 2.24) is 15.1 Å². The van der Waals surface area contributed by atoms with Gasteiger partial charge in [0.05, 0.1) is 23.0 Å². The highest BCUT2D eigenvalue weighted by molar-refractivity contribution is 6.31. The largest absolute Gasteiger partial charge is 0.454 e. The third-order valence-corrected chi connectivity index (χ3v) is 3.99. The van der Waals surface area contributed by atoms with Gasteiger partial charge in [-0.2, -0.15) is 5.10 Å². The van der Waals surface area contributed by atoms with Crippen LogP contribution in [0.2, 0.25) is 5.02 Å². The van der Waals surface area contributed by atoms with Crippen molar-refractivity contribution in [3.8, 4) is 0 Å². The molecule has 2 rings (SSSR count). The van der Waals surface area contributed by atoms with Gasteiger partial charge in [-0.05, 0) is 39.3 Å². The van der Waals surface area contributed by atoms with Gasteiger partial charge in [0.25, 0.3) is 5.91 Å². The lowest BCUT2D eigenvalue weighted by atomic mass is 10.3. The molecule has 0 unspecified atom stereocenters. The molecule has 0 fully saturated rings. The van der Waals surface area contributed by atoms with Crippen molar-refractivity contribution in [1.29, 1.82) is 0 Å². The summed E-state index contributed by atoms with van der Waals surface area (Å²) in [5.41, 5.74) is 1.66. The van der Waals surface area contributed by atoms with Gasteiger partial charge in [-0.1, -0.05) is 11.6 Å². The molecule has 0 aromatic carbocycles. The van der Waals surface area contributed by atoms with Crippen LogP contribution in [0.4, 0.5) is 0 Å². The van der Waals surface area contributed by atoms with Gasteiger partial charge in [0.15, 0.2) is 5.76 Å². The molecule has 0 bridgehead atoms. The van der Waals surface area contributed by atoms with Crippen LogP contribution in [0.25, 0.3) is 0 Å². The van der Waals surface area contributed by atoms with Crippen molar-refractivity contribution in [2.75, 3.05) is 19.8 Å². The monoisotopic (exact) mass is 339 g/mol. The van der Waals surface area contributed by atoms with Gasteiger partial charge in [-0.3, -0.25) is 9.48 Å². The Morgan fingerprint density at radius 2 is 2.22 bits per heavy atom. The Hall–Kier alpha value is -1.79. The summed E-state index contributed by atoms with van der Waals surface area (Å²) >= 11 is 6.13. The fourth-order valence-corrected chi connectivity index (χ4v) is 2.30. The molecule has 6 nitrogen and oxygen atoms in total. The van der Waals surface area contributed by atoms with Crippen LogP contribution in [0.3, 0.4) is 0 Å². The predicted molar refractivity (Wildman–Crippen MR) is 88.0 cm³/mol. The molecule has 126 valence electrons. The minimum absolute atomic E-state index is 0.223. The lowest BCUT2D eigenvalue weighted by Crippen LogP contribution is -2.24. The molecule has 0 aliphatic rings. The Labute approximate surface area is 140 Å². The minimum Gasteiger partial charge on any atom is -0.454 e. The molecule has 2 heterocycles. The standard InChI is InChI=1S/C16H22ClN3O3/c1-4-22-9-5-8-18-16(21)14-7-6-13(23-14)10-20-12(3)15(17)11(2)19-20/h6-7H,4-5,8-10H2,1-3H3,(H,18,21). The molecule has 1 N–H and O–H groups in total. The molecule has 2 aromatic rings. The maximum Gasteiger partial charge on any atom is 0.286 e. The average Bonchev–Trinajstić information content (AvgIpc) is 3.09. The summed E-state index contributed by atoms with van der Waals surface area (Å²) in [5.74, 6) is 0.731.